The Hall–Kier alpha value is -1.53. The molecule has 1 saturated heterocycles. The highest BCUT2D eigenvalue weighted by Gasteiger charge is 2.43. The molecule has 6 heteroatoms. The standard InChI is InChI=1S/C18H25F2NO3/c1-12(9-13(2)22)11-21-17(23)18(5-7-24-8-6-18)15-4-3-14(19)10-16(15)20/h3-4,10,12-13,22H,5-9,11H2,1-2H3,(H,21,23). The number of carbonyl (C=O) groups is 1. The topological polar surface area (TPSA) is 58.6 Å². The predicted molar refractivity (Wildman–Crippen MR) is 86.6 cm³/mol. The molecular weight excluding hydrogens is 316 g/mol. The Kier molecular flexibility index (Phi) is 6.29. The van der Waals surface area contributed by atoms with Crippen LogP contribution in [-0.2, 0) is 14.9 Å². The molecule has 1 heterocycles. The van der Waals surface area contributed by atoms with Gasteiger partial charge >= 0.3 is 0 Å². The summed E-state index contributed by atoms with van der Waals surface area (Å²) in [7, 11) is 0. The van der Waals surface area contributed by atoms with Crippen LogP contribution in [0, 0.1) is 17.6 Å². The number of benzene rings is 1. The molecule has 0 radical (unpaired) electrons. The molecule has 1 aliphatic heterocycles. The van der Waals surface area contributed by atoms with E-state index in [2.05, 4.69) is 5.32 Å². The first kappa shape index (κ1) is 18.8. The molecule has 0 spiro atoms. The van der Waals surface area contributed by atoms with Gasteiger partial charge in [-0.15, -0.1) is 0 Å². The van der Waals surface area contributed by atoms with Crippen LogP contribution in [0.1, 0.15) is 38.7 Å². The fourth-order valence-corrected chi connectivity index (χ4v) is 3.32. The van der Waals surface area contributed by atoms with E-state index >= 15 is 0 Å². The number of aliphatic hydroxyl groups excluding tert-OH is 1. The van der Waals surface area contributed by atoms with Crippen LogP contribution in [0.3, 0.4) is 0 Å². The highest BCUT2D eigenvalue weighted by Crippen LogP contribution is 2.37. The quantitative estimate of drug-likeness (QED) is 0.836. The summed E-state index contributed by atoms with van der Waals surface area (Å²) in [5.74, 6) is -1.54. The molecule has 2 rings (SSSR count). The molecule has 1 fully saturated rings. The van der Waals surface area contributed by atoms with E-state index in [1.54, 1.807) is 6.92 Å². The zero-order chi connectivity index (χ0) is 17.7. The maximum absolute atomic E-state index is 14.3. The Bertz CT molecular complexity index is 571. The maximum Gasteiger partial charge on any atom is 0.230 e. The monoisotopic (exact) mass is 341 g/mol. The predicted octanol–water partition coefficient (Wildman–Crippen LogP) is 2.54. The van der Waals surface area contributed by atoms with Crippen LogP contribution < -0.4 is 5.32 Å². The first-order chi connectivity index (χ1) is 11.3. The third kappa shape index (κ3) is 4.30. The smallest absolute Gasteiger partial charge is 0.230 e. The van der Waals surface area contributed by atoms with Gasteiger partial charge in [-0.2, -0.15) is 0 Å². The Morgan fingerprint density at radius 2 is 2.00 bits per heavy atom. The lowest BCUT2D eigenvalue weighted by molar-refractivity contribution is -0.130. The van der Waals surface area contributed by atoms with Crippen molar-refractivity contribution in [3.8, 4) is 0 Å². The van der Waals surface area contributed by atoms with E-state index in [1.807, 2.05) is 6.92 Å². The van der Waals surface area contributed by atoms with Gasteiger partial charge in [0.2, 0.25) is 5.91 Å². The fraction of sp³-hybridized carbons (Fsp3) is 0.611. The fourth-order valence-electron chi connectivity index (χ4n) is 3.32. The van der Waals surface area contributed by atoms with Crippen molar-refractivity contribution in [2.24, 2.45) is 5.92 Å². The van der Waals surface area contributed by atoms with Crippen molar-refractivity contribution in [3.05, 3.63) is 35.4 Å². The van der Waals surface area contributed by atoms with E-state index in [0.717, 1.165) is 6.07 Å². The summed E-state index contributed by atoms with van der Waals surface area (Å²) in [6.45, 7) is 4.74. The van der Waals surface area contributed by atoms with E-state index in [4.69, 9.17) is 4.74 Å². The number of aliphatic hydroxyl groups is 1. The lowest BCUT2D eigenvalue weighted by Gasteiger charge is -2.36. The highest BCUT2D eigenvalue weighted by molar-refractivity contribution is 5.88. The number of amides is 1. The van der Waals surface area contributed by atoms with Crippen LogP contribution in [0.15, 0.2) is 18.2 Å². The van der Waals surface area contributed by atoms with E-state index in [0.29, 0.717) is 39.0 Å². The Morgan fingerprint density at radius 3 is 2.58 bits per heavy atom. The minimum atomic E-state index is -1.04. The van der Waals surface area contributed by atoms with Crippen LogP contribution in [0.2, 0.25) is 0 Å². The first-order valence-electron chi connectivity index (χ1n) is 8.35. The van der Waals surface area contributed by atoms with Crippen molar-refractivity contribution in [2.45, 2.75) is 44.6 Å². The zero-order valence-corrected chi connectivity index (χ0v) is 14.1. The van der Waals surface area contributed by atoms with Gasteiger partial charge in [0.1, 0.15) is 11.6 Å². The molecule has 2 unspecified atom stereocenters. The molecule has 0 bridgehead atoms. The van der Waals surface area contributed by atoms with Gasteiger partial charge in [0.15, 0.2) is 0 Å². The summed E-state index contributed by atoms with van der Waals surface area (Å²) in [5.41, 5.74) is -0.825. The van der Waals surface area contributed by atoms with Crippen LogP contribution in [0.25, 0.3) is 0 Å². The van der Waals surface area contributed by atoms with E-state index in [1.165, 1.54) is 12.1 Å². The van der Waals surface area contributed by atoms with Gasteiger partial charge < -0.3 is 15.2 Å². The van der Waals surface area contributed by atoms with Crippen molar-refractivity contribution < 1.29 is 23.4 Å². The van der Waals surface area contributed by atoms with Crippen molar-refractivity contribution in [2.75, 3.05) is 19.8 Å². The molecule has 24 heavy (non-hydrogen) atoms. The summed E-state index contributed by atoms with van der Waals surface area (Å²) in [4.78, 5) is 12.9. The average molecular weight is 341 g/mol. The number of nitrogens with one attached hydrogen (secondary N) is 1. The van der Waals surface area contributed by atoms with Gasteiger partial charge in [-0.05, 0) is 38.2 Å². The molecule has 0 aromatic heterocycles. The van der Waals surface area contributed by atoms with E-state index < -0.39 is 23.2 Å². The Morgan fingerprint density at radius 1 is 1.33 bits per heavy atom. The molecule has 1 aromatic carbocycles. The molecule has 1 amide bonds. The van der Waals surface area contributed by atoms with Crippen LogP contribution >= 0.6 is 0 Å². The largest absolute Gasteiger partial charge is 0.393 e. The summed E-state index contributed by atoms with van der Waals surface area (Å²) in [5, 5.41) is 12.3. The summed E-state index contributed by atoms with van der Waals surface area (Å²) < 4.78 is 32.9. The molecule has 0 aliphatic carbocycles. The number of halogens is 2. The van der Waals surface area contributed by atoms with Gasteiger partial charge in [0, 0.05) is 31.4 Å². The summed E-state index contributed by atoms with van der Waals surface area (Å²) in [6, 6.07) is 3.35. The molecule has 4 nitrogen and oxygen atoms in total. The van der Waals surface area contributed by atoms with Crippen molar-refractivity contribution >= 4 is 5.91 Å². The van der Waals surface area contributed by atoms with Gasteiger partial charge in [-0.25, -0.2) is 8.78 Å². The summed E-state index contributed by atoms with van der Waals surface area (Å²) in [6.07, 6.45) is 0.836. The van der Waals surface area contributed by atoms with Crippen molar-refractivity contribution in [1.29, 1.82) is 0 Å². The second-order valence-electron chi connectivity index (χ2n) is 6.72. The molecule has 1 aliphatic rings. The number of ether oxygens (including phenoxy) is 1. The van der Waals surface area contributed by atoms with Crippen LogP contribution in [0.4, 0.5) is 8.78 Å². The number of carbonyl (C=O) groups excluding carboxylic acids is 1. The molecule has 1 aromatic rings. The molecular formula is C18H25F2NO3. The second kappa shape index (κ2) is 8.03. The SMILES string of the molecule is CC(O)CC(C)CNC(=O)C1(c2ccc(F)cc2F)CCOCC1. The Labute approximate surface area is 141 Å². The lowest BCUT2D eigenvalue weighted by atomic mass is 9.73. The van der Waals surface area contributed by atoms with E-state index in [9.17, 15) is 18.7 Å². The van der Waals surface area contributed by atoms with Crippen LogP contribution in [-0.4, -0.2) is 36.9 Å². The lowest BCUT2D eigenvalue weighted by Crippen LogP contribution is -2.49. The first-order valence-corrected chi connectivity index (χ1v) is 8.35. The summed E-state index contributed by atoms with van der Waals surface area (Å²) >= 11 is 0. The maximum atomic E-state index is 14.3. The van der Waals surface area contributed by atoms with Crippen molar-refractivity contribution in [1.82, 2.24) is 5.32 Å². The second-order valence-corrected chi connectivity index (χ2v) is 6.72. The number of hydrogen-bond acceptors (Lipinski definition) is 3. The van der Waals surface area contributed by atoms with Crippen molar-refractivity contribution in [3.63, 3.8) is 0 Å². The zero-order valence-electron chi connectivity index (χ0n) is 14.1. The van der Waals surface area contributed by atoms with Gasteiger partial charge in [0.25, 0.3) is 0 Å². The molecule has 134 valence electrons. The minimum Gasteiger partial charge on any atom is -0.393 e. The normalized spacial score (nSPS) is 19.5. The molecule has 0 saturated carbocycles. The number of rotatable bonds is 6. The average Bonchev–Trinajstić information content (AvgIpc) is 2.52. The van der Waals surface area contributed by atoms with Gasteiger partial charge in [0.05, 0.1) is 11.5 Å². The molecule has 2 N–H and O–H groups in total. The van der Waals surface area contributed by atoms with Gasteiger partial charge in [-0.3, -0.25) is 4.79 Å². The minimum absolute atomic E-state index is 0.101. The van der Waals surface area contributed by atoms with E-state index in [-0.39, 0.29) is 17.4 Å². The van der Waals surface area contributed by atoms with Gasteiger partial charge in [-0.1, -0.05) is 13.0 Å². The molecule has 2 atom stereocenters. The number of hydrogen-bond donors (Lipinski definition) is 2. The third-order valence-electron chi connectivity index (χ3n) is 4.58. The highest BCUT2D eigenvalue weighted by atomic mass is 19.1. The van der Waals surface area contributed by atoms with Crippen LogP contribution in [0.5, 0.6) is 0 Å². The Balaban J connectivity index is 2.19. The third-order valence-corrected chi connectivity index (χ3v) is 4.58.